The van der Waals surface area contributed by atoms with Crippen molar-refractivity contribution in [2.75, 3.05) is 5.32 Å². The number of urea groups is 1. The minimum absolute atomic E-state index is 0.349. The largest absolute Gasteiger partial charge is 0.444 e. The van der Waals surface area contributed by atoms with Gasteiger partial charge in [-0.05, 0) is 38.5 Å². The molecule has 0 saturated carbocycles. The molecule has 0 fully saturated rings. The first-order valence-corrected chi connectivity index (χ1v) is 5.88. The molecule has 0 aromatic heterocycles. The molecule has 1 aromatic rings. The summed E-state index contributed by atoms with van der Waals surface area (Å²) >= 11 is 0. The number of rotatable bonds is 3. The normalized spacial score (nSPS) is 10.7. The lowest BCUT2D eigenvalue weighted by Gasteiger charge is -2.19. The number of hydrogen-bond donors (Lipinski definition) is 3. The summed E-state index contributed by atoms with van der Waals surface area (Å²) in [4.78, 5) is 22.1. The van der Waals surface area contributed by atoms with E-state index >= 15 is 0 Å². The number of primary amides is 1. The van der Waals surface area contributed by atoms with Crippen LogP contribution in [0.5, 0.6) is 0 Å². The van der Waals surface area contributed by atoms with Crippen LogP contribution in [0.2, 0.25) is 0 Å². The molecule has 6 heteroatoms. The first-order chi connectivity index (χ1) is 8.76. The molecule has 0 bridgehead atoms. The van der Waals surface area contributed by atoms with Gasteiger partial charge in [0.15, 0.2) is 0 Å². The highest BCUT2D eigenvalue weighted by Crippen LogP contribution is 2.12. The van der Waals surface area contributed by atoms with Crippen molar-refractivity contribution in [3.8, 4) is 0 Å². The van der Waals surface area contributed by atoms with Crippen LogP contribution in [-0.4, -0.2) is 17.7 Å². The van der Waals surface area contributed by atoms with Gasteiger partial charge in [-0.3, -0.25) is 5.32 Å². The minimum atomic E-state index is -0.573. The highest BCUT2D eigenvalue weighted by atomic mass is 16.6. The summed E-state index contributed by atoms with van der Waals surface area (Å²) in [7, 11) is 0. The molecular formula is C13H19N3O3. The fourth-order valence-electron chi connectivity index (χ4n) is 1.32. The van der Waals surface area contributed by atoms with E-state index in [1.54, 1.807) is 45.0 Å². The number of nitrogens with two attached hydrogens (primary N) is 1. The first-order valence-electron chi connectivity index (χ1n) is 5.88. The van der Waals surface area contributed by atoms with Crippen LogP contribution in [0.25, 0.3) is 0 Å². The maximum atomic E-state index is 11.5. The first kappa shape index (κ1) is 14.8. The van der Waals surface area contributed by atoms with E-state index in [2.05, 4.69) is 10.6 Å². The van der Waals surface area contributed by atoms with Gasteiger partial charge in [-0.25, -0.2) is 9.59 Å². The molecule has 19 heavy (non-hydrogen) atoms. The standard InChI is InChI=1S/C13H19N3O3/c1-13(2,3)19-12(18)16-10-6-4-9(5-7-10)8-15-11(14)17/h4-7H,8H2,1-3H3,(H,16,18)(H3,14,15,17). The highest BCUT2D eigenvalue weighted by Gasteiger charge is 2.15. The molecule has 0 unspecified atom stereocenters. The number of amides is 3. The van der Waals surface area contributed by atoms with Crippen LogP contribution < -0.4 is 16.4 Å². The second kappa shape index (κ2) is 6.08. The van der Waals surface area contributed by atoms with E-state index in [1.165, 1.54) is 0 Å². The Labute approximate surface area is 112 Å². The van der Waals surface area contributed by atoms with Gasteiger partial charge in [-0.15, -0.1) is 0 Å². The van der Waals surface area contributed by atoms with Gasteiger partial charge in [0.1, 0.15) is 5.60 Å². The highest BCUT2D eigenvalue weighted by molar-refractivity contribution is 5.84. The smallest absolute Gasteiger partial charge is 0.412 e. The van der Waals surface area contributed by atoms with Crippen LogP contribution in [0.1, 0.15) is 26.3 Å². The molecule has 4 N–H and O–H groups in total. The molecule has 0 aliphatic rings. The third kappa shape index (κ3) is 6.30. The van der Waals surface area contributed by atoms with Crippen molar-refractivity contribution >= 4 is 17.8 Å². The number of ether oxygens (including phenoxy) is 1. The second-order valence-corrected chi connectivity index (χ2v) is 5.04. The number of hydrogen-bond acceptors (Lipinski definition) is 3. The van der Waals surface area contributed by atoms with Crippen LogP contribution in [0.15, 0.2) is 24.3 Å². The van der Waals surface area contributed by atoms with E-state index < -0.39 is 17.7 Å². The summed E-state index contributed by atoms with van der Waals surface area (Å²) < 4.78 is 5.13. The summed E-state index contributed by atoms with van der Waals surface area (Å²) in [6.07, 6.45) is -0.504. The Hall–Kier alpha value is -2.24. The SMILES string of the molecule is CC(C)(C)OC(=O)Nc1ccc(CNC(N)=O)cc1. The number of nitrogens with one attached hydrogen (secondary N) is 2. The molecule has 0 spiro atoms. The maximum absolute atomic E-state index is 11.5. The van der Waals surface area contributed by atoms with E-state index in [-0.39, 0.29) is 0 Å². The predicted molar refractivity (Wildman–Crippen MR) is 72.7 cm³/mol. The number of carbonyl (C=O) groups excluding carboxylic acids is 2. The third-order valence-corrected chi connectivity index (χ3v) is 2.07. The zero-order chi connectivity index (χ0) is 14.5. The molecule has 6 nitrogen and oxygen atoms in total. The molecule has 0 heterocycles. The van der Waals surface area contributed by atoms with Crippen LogP contribution in [-0.2, 0) is 11.3 Å². The van der Waals surface area contributed by atoms with Gasteiger partial charge in [0.2, 0.25) is 0 Å². The lowest BCUT2D eigenvalue weighted by Crippen LogP contribution is -2.28. The predicted octanol–water partition coefficient (Wildman–Crippen LogP) is 2.20. The number of anilines is 1. The molecule has 0 saturated heterocycles. The average Bonchev–Trinajstić information content (AvgIpc) is 2.25. The summed E-state index contributed by atoms with van der Waals surface area (Å²) in [5.41, 5.74) is 5.94. The van der Waals surface area contributed by atoms with Crippen molar-refractivity contribution in [3.63, 3.8) is 0 Å². The molecule has 1 aromatic carbocycles. The summed E-state index contributed by atoms with van der Waals surface area (Å²) in [6.45, 7) is 5.74. The van der Waals surface area contributed by atoms with E-state index in [4.69, 9.17) is 10.5 Å². The molecular weight excluding hydrogens is 246 g/mol. The molecule has 1 rings (SSSR count). The fourth-order valence-corrected chi connectivity index (χ4v) is 1.32. The van der Waals surface area contributed by atoms with Gasteiger partial charge in [-0.2, -0.15) is 0 Å². The number of carbonyl (C=O) groups is 2. The Kier molecular flexibility index (Phi) is 4.74. The van der Waals surface area contributed by atoms with Gasteiger partial charge >= 0.3 is 12.1 Å². The van der Waals surface area contributed by atoms with Crippen molar-refractivity contribution in [1.29, 1.82) is 0 Å². The van der Waals surface area contributed by atoms with Gasteiger partial charge < -0.3 is 15.8 Å². The van der Waals surface area contributed by atoms with Crippen molar-refractivity contribution in [3.05, 3.63) is 29.8 Å². The Morgan fingerprint density at radius 2 is 1.79 bits per heavy atom. The summed E-state index contributed by atoms with van der Waals surface area (Å²) in [6, 6.07) is 6.44. The van der Waals surface area contributed by atoms with Crippen LogP contribution in [0.4, 0.5) is 15.3 Å². The van der Waals surface area contributed by atoms with E-state index in [0.717, 1.165) is 5.56 Å². The van der Waals surface area contributed by atoms with E-state index in [0.29, 0.717) is 12.2 Å². The van der Waals surface area contributed by atoms with Gasteiger partial charge in [0.05, 0.1) is 0 Å². The molecule has 104 valence electrons. The topological polar surface area (TPSA) is 93.4 Å². The number of benzene rings is 1. The third-order valence-electron chi connectivity index (χ3n) is 2.07. The van der Waals surface area contributed by atoms with Crippen molar-refractivity contribution in [2.24, 2.45) is 5.73 Å². The summed E-state index contributed by atoms with van der Waals surface area (Å²) in [5, 5.41) is 5.10. The Bertz CT molecular complexity index is 449. The van der Waals surface area contributed by atoms with Gasteiger partial charge in [-0.1, -0.05) is 12.1 Å². The Balaban J connectivity index is 2.52. The van der Waals surface area contributed by atoms with E-state index in [1.807, 2.05) is 0 Å². The van der Waals surface area contributed by atoms with Crippen LogP contribution >= 0.6 is 0 Å². The summed E-state index contributed by atoms with van der Waals surface area (Å²) in [5.74, 6) is 0. The van der Waals surface area contributed by atoms with Crippen molar-refractivity contribution < 1.29 is 14.3 Å². The molecule has 0 aliphatic carbocycles. The molecule has 0 atom stereocenters. The minimum Gasteiger partial charge on any atom is -0.444 e. The fraction of sp³-hybridized carbons (Fsp3) is 0.385. The van der Waals surface area contributed by atoms with E-state index in [9.17, 15) is 9.59 Å². The van der Waals surface area contributed by atoms with Crippen molar-refractivity contribution in [1.82, 2.24) is 5.32 Å². The average molecular weight is 265 g/mol. The zero-order valence-electron chi connectivity index (χ0n) is 11.3. The van der Waals surface area contributed by atoms with Crippen LogP contribution in [0.3, 0.4) is 0 Å². The monoisotopic (exact) mass is 265 g/mol. The maximum Gasteiger partial charge on any atom is 0.412 e. The quantitative estimate of drug-likeness (QED) is 0.782. The molecule has 0 aliphatic heterocycles. The lowest BCUT2D eigenvalue weighted by atomic mass is 10.2. The Morgan fingerprint density at radius 1 is 1.21 bits per heavy atom. The zero-order valence-corrected chi connectivity index (χ0v) is 11.3. The lowest BCUT2D eigenvalue weighted by molar-refractivity contribution is 0.0636. The Morgan fingerprint density at radius 3 is 2.26 bits per heavy atom. The van der Waals surface area contributed by atoms with Crippen LogP contribution in [0, 0.1) is 0 Å². The second-order valence-electron chi connectivity index (χ2n) is 5.04. The van der Waals surface area contributed by atoms with Crippen molar-refractivity contribution in [2.45, 2.75) is 32.9 Å². The van der Waals surface area contributed by atoms with Gasteiger partial charge in [0.25, 0.3) is 0 Å². The molecule has 3 amide bonds. The molecule has 0 radical (unpaired) electrons. The van der Waals surface area contributed by atoms with Gasteiger partial charge in [0, 0.05) is 12.2 Å².